The molecule has 1 heterocycles. The molecule has 1 heteroatoms. The molecule has 0 aromatic heterocycles. The minimum atomic E-state index is 0.884. The van der Waals surface area contributed by atoms with Crippen LogP contribution in [-0.4, -0.2) is 11.0 Å². The van der Waals surface area contributed by atoms with Gasteiger partial charge in [0.25, 0.3) is 0 Å². The summed E-state index contributed by atoms with van der Waals surface area (Å²) in [5, 5.41) is 0.884. The van der Waals surface area contributed by atoms with Gasteiger partial charge in [-0.1, -0.05) is 42.5 Å². The van der Waals surface area contributed by atoms with Gasteiger partial charge in [-0.05, 0) is 30.6 Å². The lowest BCUT2D eigenvalue weighted by atomic mass is 10.1. The molecule has 1 unspecified atom stereocenters. The molecule has 1 saturated heterocycles. The first-order valence-electron chi connectivity index (χ1n) is 5.28. The summed E-state index contributed by atoms with van der Waals surface area (Å²) in [7, 11) is 0. The molecule has 0 radical (unpaired) electrons. The van der Waals surface area contributed by atoms with Crippen molar-refractivity contribution in [1.29, 1.82) is 0 Å². The van der Waals surface area contributed by atoms with Crippen molar-refractivity contribution in [2.45, 2.75) is 24.5 Å². The monoisotopic (exact) mass is 204 g/mol. The zero-order valence-electron chi connectivity index (χ0n) is 8.36. The van der Waals surface area contributed by atoms with Gasteiger partial charge >= 0.3 is 0 Å². The minimum Gasteiger partial charge on any atom is -0.158 e. The summed E-state index contributed by atoms with van der Waals surface area (Å²) in [5.41, 5.74) is 1.32. The highest BCUT2D eigenvalue weighted by atomic mass is 32.2. The second-order valence-electron chi connectivity index (χ2n) is 3.68. The van der Waals surface area contributed by atoms with E-state index in [-0.39, 0.29) is 0 Å². The van der Waals surface area contributed by atoms with Crippen LogP contribution in [0.5, 0.6) is 0 Å². The van der Waals surface area contributed by atoms with Crippen LogP contribution in [0, 0.1) is 0 Å². The first-order chi connectivity index (χ1) is 6.95. The molecule has 74 valence electrons. The third-order valence-electron chi connectivity index (χ3n) is 2.53. The molecule has 0 aliphatic carbocycles. The average Bonchev–Trinajstić information content (AvgIpc) is 2.72. The fourth-order valence-corrected chi connectivity index (χ4v) is 3.00. The third-order valence-corrected chi connectivity index (χ3v) is 3.96. The molecule has 0 spiro atoms. The highest BCUT2D eigenvalue weighted by Gasteiger charge is 2.12. The summed E-state index contributed by atoms with van der Waals surface area (Å²) >= 11 is 2.13. The van der Waals surface area contributed by atoms with Gasteiger partial charge in [0, 0.05) is 5.25 Å². The largest absolute Gasteiger partial charge is 0.158 e. The van der Waals surface area contributed by atoms with Crippen LogP contribution in [0.2, 0.25) is 0 Å². The second-order valence-corrected chi connectivity index (χ2v) is 5.09. The quantitative estimate of drug-likeness (QED) is 0.717. The van der Waals surface area contributed by atoms with Crippen LogP contribution >= 0.6 is 11.8 Å². The van der Waals surface area contributed by atoms with Crippen LogP contribution in [0.4, 0.5) is 0 Å². The zero-order chi connectivity index (χ0) is 9.64. The maximum atomic E-state index is 2.32. The SMILES string of the molecule is C(=C\c1ccccc1)/CC1CCCS1. The molecule has 1 aromatic rings. The molecule has 1 aromatic carbocycles. The summed E-state index contributed by atoms with van der Waals surface area (Å²) in [5.74, 6) is 1.36. The van der Waals surface area contributed by atoms with Crippen molar-refractivity contribution in [2.75, 3.05) is 5.75 Å². The van der Waals surface area contributed by atoms with Gasteiger partial charge in [-0.3, -0.25) is 0 Å². The van der Waals surface area contributed by atoms with E-state index in [1.807, 2.05) is 0 Å². The number of benzene rings is 1. The fourth-order valence-electron chi connectivity index (χ4n) is 1.75. The number of thioether (sulfide) groups is 1. The molecule has 0 amide bonds. The molecule has 0 N–H and O–H groups in total. The van der Waals surface area contributed by atoms with Crippen molar-refractivity contribution in [1.82, 2.24) is 0 Å². The van der Waals surface area contributed by atoms with Crippen molar-refractivity contribution in [3.8, 4) is 0 Å². The molecule has 1 atom stereocenters. The van der Waals surface area contributed by atoms with E-state index in [2.05, 4.69) is 54.2 Å². The summed E-state index contributed by atoms with van der Waals surface area (Å²) in [6.45, 7) is 0. The van der Waals surface area contributed by atoms with Crippen molar-refractivity contribution in [3.05, 3.63) is 42.0 Å². The Labute approximate surface area is 90.4 Å². The molecule has 2 rings (SSSR count). The summed E-state index contributed by atoms with van der Waals surface area (Å²) in [6, 6.07) is 10.5. The topological polar surface area (TPSA) is 0 Å². The molecule has 1 aliphatic rings. The van der Waals surface area contributed by atoms with Gasteiger partial charge in [0.1, 0.15) is 0 Å². The Kier molecular flexibility index (Phi) is 3.70. The summed E-state index contributed by atoms with van der Waals surface area (Å²) < 4.78 is 0. The Bertz CT molecular complexity index is 283. The molecule has 0 nitrogen and oxygen atoms in total. The highest BCUT2D eigenvalue weighted by molar-refractivity contribution is 8.00. The van der Waals surface area contributed by atoms with E-state index in [0.717, 1.165) is 5.25 Å². The zero-order valence-corrected chi connectivity index (χ0v) is 9.17. The van der Waals surface area contributed by atoms with Crippen molar-refractivity contribution in [2.24, 2.45) is 0 Å². The Morgan fingerprint density at radius 1 is 1.29 bits per heavy atom. The van der Waals surface area contributed by atoms with Crippen molar-refractivity contribution in [3.63, 3.8) is 0 Å². The highest BCUT2D eigenvalue weighted by Crippen LogP contribution is 2.28. The molecule has 1 aliphatic heterocycles. The van der Waals surface area contributed by atoms with Crippen LogP contribution in [-0.2, 0) is 0 Å². The first kappa shape index (κ1) is 9.85. The van der Waals surface area contributed by atoms with Gasteiger partial charge in [0.15, 0.2) is 0 Å². The maximum absolute atomic E-state index is 2.32. The lowest BCUT2D eigenvalue weighted by Crippen LogP contribution is -1.92. The molecule has 1 fully saturated rings. The molecule has 0 bridgehead atoms. The number of hydrogen-bond donors (Lipinski definition) is 0. The van der Waals surface area contributed by atoms with Crippen LogP contribution in [0.25, 0.3) is 6.08 Å². The predicted molar refractivity (Wildman–Crippen MR) is 65.6 cm³/mol. The van der Waals surface area contributed by atoms with Crippen molar-refractivity contribution >= 4 is 17.8 Å². The van der Waals surface area contributed by atoms with Gasteiger partial charge in [0.2, 0.25) is 0 Å². The summed E-state index contributed by atoms with van der Waals surface area (Å²) in [6.07, 6.45) is 8.61. The van der Waals surface area contributed by atoms with Crippen LogP contribution < -0.4 is 0 Å². The van der Waals surface area contributed by atoms with Crippen LogP contribution in [0.15, 0.2) is 36.4 Å². The molecular formula is C13H16S. The first-order valence-corrected chi connectivity index (χ1v) is 6.33. The fraction of sp³-hybridized carbons (Fsp3) is 0.385. The van der Waals surface area contributed by atoms with Crippen LogP contribution in [0.1, 0.15) is 24.8 Å². The van der Waals surface area contributed by atoms with Crippen LogP contribution in [0.3, 0.4) is 0 Å². The van der Waals surface area contributed by atoms with Crippen molar-refractivity contribution < 1.29 is 0 Å². The third kappa shape index (κ3) is 2.91. The Hall–Kier alpha value is -0.690. The Morgan fingerprint density at radius 2 is 2.14 bits per heavy atom. The second kappa shape index (κ2) is 5.26. The Morgan fingerprint density at radius 3 is 2.86 bits per heavy atom. The maximum Gasteiger partial charge on any atom is 0.00819 e. The Balaban J connectivity index is 1.82. The molecule has 14 heavy (non-hydrogen) atoms. The van der Waals surface area contributed by atoms with E-state index in [9.17, 15) is 0 Å². The molecular weight excluding hydrogens is 188 g/mol. The van der Waals surface area contributed by atoms with E-state index in [1.54, 1.807) is 0 Å². The van der Waals surface area contributed by atoms with Gasteiger partial charge in [0.05, 0.1) is 0 Å². The van der Waals surface area contributed by atoms with E-state index >= 15 is 0 Å². The normalized spacial score (nSPS) is 21.9. The van der Waals surface area contributed by atoms with E-state index < -0.39 is 0 Å². The minimum absolute atomic E-state index is 0.884. The number of allylic oxidation sites excluding steroid dienone is 1. The number of hydrogen-bond acceptors (Lipinski definition) is 1. The number of rotatable bonds is 3. The van der Waals surface area contributed by atoms with Gasteiger partial charge in [-0.15, -0.1) is 0 Å². The van der Waals surface area contributed by atoms with E-state index in [4.69, 9.17) is 0 Å². The van der Waals surface area contributed by atoms with E-state index in [1.165, 1.54) is 30.6 Å². The van der Waals surface area contributed by atoms with Gasteiger partial charge < -0.3 is 0 Å². The van der Waals surface area contributed by atoms with Gasteiger partial charge in [-0.2, -0.15) is 11.8 Å². The smallest absolute Gasteiger partial charge is 0.00819 e. The predicted octanol–water partition coefficient (Wildman–Crippen LogP) is 3.99. The summed E-state index contributed by atoms with van der Waals surface area (Å²) in [4.78, 5) is 0. The van der Waals surface area contributed by atoms with E-state index in [0.29, 0.717) is 0 Å². The standard InChI is InChI=1S/C13H16S/c1-2-6-12(7-3-1)8-4-9-13-10-5-11-14-13/h1-4,6-8,13H,5,9-11H2/b8-4+. The van der Waals surface area contributed by atoms with Gasteiger partial charge in [-0.25, -0.2) is 0 Å². The average molecular weight is 204 g/mol. The lowest BCUT2D eigenvalue weighted by molar-refractivity contribution is 0.792. The lowest BCUT2D eigenvalue weighted by Gasteiger charge is -2.02. The molecule has 0 saturated carbocycles.